The number of aromatic hydroxyl groups is 1. The van der Waals surface area contributed by atoms with Crippen LogP contribution in [0.1, 0.15) is 81.4 Å². The van der Waals surface area contributed by atoms with E-state index in [0.717, 1.165) is 18.4 Å². The van der Waals surface area contributed by atoms with Gasteiger partial charge >= 0.3 is 0 Å². The molecule has 0 aromatic heterocycles. The summed E-state index contributed by atoms with van der Waals surface area (Å²) in [6, 6.07) is 12.5. The Morgan fingerprint density at radius 3 is 2.00 bits per heavy atom. The number of phenolic OH excluding ortho intramolecular Hbond substituents is 1. The summed E-state index contributed by atoms with van der Waals surface area (Å²) in [5, 5.41) is 21.2. The number of amides is 1. The van der Waals surface area contributed by atoms with Crippen molar-refractivity contribution in [1.82, 2.24) is 4.31 Å². The maximum Gasteiger partial charge on any atom is 0.248 e. The number of aliphatic hydroxyl groups is 1. The van der Waals surface area contributed by atoms with Crippen LogP contribution in [0.2, 0.25) is 0 Å². The Kier molecular flexibility index (Phi) is 9.04. The van der Waals surface area contributed by atoms with E-state index in [9.17, 15) is 37.0 Å². The van der Waals surface area contributed by atoms with Gasteiger partial charge in [-0.2, -0.15) is 0 Å². The molecule has 5 nitrogen and oxygen atoms in total. The summed E-state index contributed by atoms with van der Waals surface area (Å²) < 4.78 is 71.7. The largest absolute Gasteiger partial charge is 0.507 e. The van der Waals surface area contributed by atoms with Crippen molar-refractivity contribution >= 4 is 23.5 Å². The molecule has 0 atom stereocenters. The molecule has 2 fully saturated rings. The van der Waals surface area contributed by atoms with Crippen LogP contribution in [-0.2, 0) is 16.9 Å². The Morgan fingerprint density at radius 2 is 1.48 bits per heavy atom. The average Bonchev–Trinajstić information content (AvgIpc) is 3.82. The van der Waals surface area contributed by atoms with Crippen molar-refractivity contribution in [1.29, 1.82) is 0 Å². The van der Waals surface area contributed by atoms with Crippen molar-refractivity contribution in [2.24, 2.45) is 0 Å². The fraction of sp³-hybridized carbons (Fsp3) is 0.424. The third-order valence-electron chi connectivity index (χ3n) is 8.72. The molecule has 0 saturated heterocycles. The van der Waals surface area contributed by atoms with E-state index >= 15 is 0 Å². The summed E-state index contributed by atoms with van der Waals surface area (Å²) in [6.45, 7) is 3.13. The zero-order valence-electron chi connectivity index (χ0n) is 24.8. The topological polar surface area (TPSA) is 64.0 Å². The first-order valence-corrected chi connectivity index (χ1v) is 15.4. The van der Waals surface area contributed by atoms with Crippen LogP contribution in [0.4, 0.5) is 27.6 Å². The van der Waals surface area contributed by atoms with Gasteiger partial charge in [0.2, 0.25) is 11.7 Å². The van der Waals surface area contributed by atoms with Gasteiger partial charge < -0.3 is 15.1 Å². The first kappa shape index (κ1) is 32.2. The lowest BCUT2D eigenvalue weighted by Gasteiger charge is -2.33. The van der Waals surface area contributed by atoms with E-state index in [1.165, 1.54) is 67.1 Å². The van der Waals surface area contributed by atoms with Gasteiger partial charge in [0.25, 0.3) is 0 Å². The summed E-state index contributed by atoms with van der Waals surface area (Å²) in [5.74, 6) is -10.5. The highest BCUT2D eigenvalue weighted by molar-refractivity contribution is 7.97. The van der Waals surface area contributed by atoms with Crippen LogP contribution >= 0.6 is 11.9 Å². The second-order valence-corrected chi connectivity index (χ2v) is 13.4. The molecule has 3 aromatic carbocycles. The summed E-state index contributed by atoms with van der Waals surface area (Å²) in [5.41, 5.74) is -0.0546. The molecule has 0 heterocycles. The first-order chi connectivity index (χ1) is 20.7. The van der Waals surface area contributed by atoms with Crippen LogP contribution in [0.3, 0.4) is 0 Å². The van der Waals surface area contributed by atoms with E-state index in [1.807, 2.05) is 12.1 Å². The first-order valence-electron chi connectivity index (χ1n) is 14.6. The van der Waals surface area contributed by atoms with Gasteiger partial charge in [-0.25, -0.2) is 26.3 Å². The zero-order valence-corrected chi connectivity index (χ0v) is 25.6. The Bertz CT molecular complexity index is 1520. The maximum absolute atomic E-state index is 14.5. The molecule has 5 rings (SSSR count). The number of carbonyl (C=O) groups excluding carboxylic acids is 1. The van der Waals surface area contributed by atoms with E-state index in [2.05, 4.69) is 12.1 Å². The maximum atomic E-state index is 14.5. The van der Waals surface area contributed by atoms with E-state index < -0.39 is 51.0 Å². The SMILES string of the molecule is CN(Sc1c(F)c(F)c(F)c(F)c1F)C1(C(=O)N(Cc2ccc(C3CCCCC3)cc2)c2ccc(C(C)(C)O)c(O)c2)CC1. The number of hydrogen-bond donors (Lipinski definition) is 2. The van der Waals surface area contributed by atoms with Crippen LogP contribution in [-0.4, -0.2) is 33.0 Å². The molecular formula is C33H35F5N2O3S. The molecule has 11 heteroatoms. The van der Waals surface area contributed by atoms with Crippen molar-refractivity contribution in [2.45, 2.75) is 87.3 Å². The lowest BCUT2D eigenvalue weighted by molar-refractivity contribution is -0.123. The third-order valence-corrected chi connectivity index (χ3v) is 9.88. The quantitative estimate of drug-likeness (QED) is 0.108. The van der Waals surface area contributed by atoms with Crippen molar-refractivity contribution in [3.05, 3.63) is 88.2 Å². The average molecular weight is 635 g/mol. The van der Waals surface area contributed by atoms with Gasteiger partial charge in [0.05, 0.1) is 12.1 Å². The Morgan fingerprint density at radius 1 is 0.909 bits per heavy atom. The van der Waals surface area contributed by atoms with Gasteiger partial charge in [-0.05, 0) is 81.6 Å². The second kappa shape index (κ2) is 12.3. The molecule has 0 unspecified atom stereocenters. The molecule has 2 aliphatic rings. The van der Waals surface area contributed by atoms with Crippen molar-refractivity contribution in [3.8, 4) is 5.75 Å². The minimum Gasteiger partial charge on any atom is -0.507 e. The second-order valence-electron chi connectivity index (χ2n) is 12.2. The highest BCUT2D eigenvalue weighted by atomic mass is 32.2. The van der Waals surface area contributed by atoms with Crippen LogP contribution in [0.5, 0.6) is 5.75 Å². The normalized spacial score (nSPS) is 16.8. The molecule has 2 saturated carbocycles. The predicted octanol–water partition coefficient (Wildman–Crippen LogP) is 8.07. The predicted molar refractivity (Wildman–Crippen MR) is 159 cm³/mol. The zero-order chi connectivity index (χ0) is 32.0. The molecule has 1 amide bonds. The van der Waals surface area contributed by atoms with Gasteiger partial charge in [-0.1, -0.05) is 49.6 Å². The third kappa shape index (κ3) is 6.19. The number of rotatable bonds is 9. The number of likely N-dealkylation sites (N-methyl/N-ethyl adjacent to an activating group) is 1. The van der Waals surface area contributed by atoms with Gasteiger partial charge in [-0.15, -0.1) is 0 Å². The van der Waals surface area contributed by atoms with Crippen LogP contribution in [0.25, 0.3) is 0 Å². The summed E-state index contributed by atoms with van der Waals surface area (Å²) in [6.07, 6.45) is 6.43. The number of anilines is 1. The fourth-order valence-corrected chi connectivity index (χ4v) is 6.97. The summed E-state index contributed by atoms with van der Waals surface area (Å²) >= 11 is 0.284. The molecule has 236 valence electrons. The van der Waals surface area contributed by atoms with E-state index in [4.69, 9.17) is 0 Å². The highest BCUT2D eigenvalue weighted by Gasteiger charge is 2.56. The molecule has 3 aromatic rings. The van der Waals surface area contributed by atoms with Crippen molar-refractivity contribution in [3.63, 3.8) is 0 Å². The number of phenols is 1. The molecular weight excluding hydrogens is 599 g/mol. The molecule has 0 spiro atoms. The molecule has 44 heavy (non-hydrogen) atoms. The van der Waals surface area contributed by atoms with Gasteiger partial charge in [0.1, 0.15) is 16.2 Å². The Labute approximate surface area is 257 Å². The molecule has 2 aliphatic carbocycles. The summed E-state index contributed by atoms with van der Waals surface area (Å²) in [4.78, 5) is 14.6. The van der Waals surface area contributed by atoms with Crippen LogP contribution < -0.4 is 4.90 Å². The molecule has 0 bridgehead atoms. The monoisotopic (exact) mass is 634 g/mol. The highest BCUT2D eigenvalue weighted by Crippen LogP contribution is 2.49. The standard InChI is InChI=1S/C33H35F5N2O3S/c1-32(2,43)23-14-13-22(17-24(23)41)40(18-19-9-11-21(12-10-19)20-7-5-4-6-8-20)31(42)33(15-16-33)39(3)44-30-28(37)26(35)25(34)27(36)29(30)38/h9-14,17,20,41,43H,4-8,15-16,18H2,1-3H3. The van der Waals surface area contributed by atoms with Crippen LogP contribution in [0, 0.1) is 29.1 Å². The molecule has 0 aliphatic heterocycles. The van der Waals surface area contributed by atoms with Gasteiger partial charge in [0, 0.05) is 17.3 Å². The van der Waals surface area contributed by atoms with Gasteiger partial charge in [-0.3, -0.25) is 4.79 Å². The number of halogens is 5. The Balaban J connectivity index is 1.47. The van der Waals surface area contributed by atoms with Gasteiger partial charge in [0.15, 0.2) is 23.3 Å². The smallest absolute Gasteiger partial charge is 0.248 e. The van der Waals surface area contributed by atoms with Crippen molar-refractivity contribution < 1.29 is 37.0 Å². The van der Waals surface area contributed by atoms with Crippen LogP contribution in [0.15, 0.2) is 47.4 Å². The summed E-state index contributed by atoms with van der Waals surface area (Å²) in [7, 11) is 1.37. The molecule has 0 radical (unpaired) electrons. The number of nitrogens with zero attached hydrogens (tertiary/aromatic N) is 2. The minimum absolute atomic E-state index is 0.0911. The lowest BCUT2D eigenvalue weighted by Crippen LogP contribution is -2.47. The number of hydrogen-bond acceptors (Lipinski definition) is 5. The Hall–Kier alpha value is -3.15. The van der Waals surface area contributed by atoms with E-state index in [1.54, 1.807) is 6.07 Å². The minimum atomic E-state index is -2.25. The number of carbonyl (C=O) groups is 1. The fourth-order valence-electron chi connectivity index (χ4n) is 5.92. The van der Waals surface area contributed by atoms with E-state index in [-0.39, 0.29) is 42.6 Å². The number of benzene rings is 3. The van der Waals surface area contributed by atoms with E-state index in [0.29, 0.717) is 11.6 Å². The van der Waals surface area contributed by atoms with Crippen molar-refractivity contribution in [2.75, 3.05) is 11.9 Å². The molecule has 2 N–H and O–H groups in total. The lowest BCUT2D eigenvalue weighted by atomic mass is 9.84.